The molecule has 0 unspecified atom stereocenters. The van der Waals surface area contributed by atoms with Gasteiger partial charge in [0.05, 0.1) is 14.2 Å². The molecule has 108 valence electrons. The van der Waals surface area contributed by atoms with Crippen LogP contribution in [0.15, 0.2) is 11.6 Å². The largest absolute Gasteiger partial charge is 0.468 e. The number of ether oxygens (including phenoxy) is 2. The molecule has 0 aromatic rings. The maximum absolute atomic E-state index is 11.7. The minimum atomic E-state index is -1.20. The first-order valence-electron chi connectivity index (χ1n) is 7.02. The van der Waals surface area contributed by atoms with E-state index < -0.39 is 17.4 Å². The molecule has 1 aliphatic carbocycles. The number of carbonyl (C=O) groups excluding carboxylic acids is 2. The molecule has 0 aromatic heterocycles. The zero-order chi connectivity index (χ0) is 14.3. The topological polar surface area (TPSA) is 52.6 Å². The molecule has 19 heavy (non-hydrogen) atoms. The summed E-state index contributed by atoms with van der Waals surface area (Å²) >= 11 is 0. The number of unbranched alkanes of at least 4 members (excludes halogenated alkanes) is 5. The van der Waals surface area contributed by atoms with Gasteiger partial charge in [0.15, 0.2) is 0 Å². The minimum Gasteiger partial charge on any atom is -0.468 e. The predicted molar refractivity (Wildman–Crippen MR) is 72.5 cm³/mol. The normalized spacial score (nSPS) is 15.6. The maximum Gasteiger partial charge on any atom is 0.331 e. The number of hydrogen-bond acceptors (Lipinski definition) is 4. The van der Waals surface area contributed by atoms with Gasteiger partial charge in [-0.25, -0.2) is 0 Å². The molecule has 0 saturated carbocycles. The Morgan fingerprint density at radius 3 is 2.05 bits per heavy atom. The van der Waals surface area contributed by atoms with Crippen LogP contribution in [-0.2, 0) is 19.1 Å². The lowest BCUT2D eigenvalue weighted by atomic mass is 9.97. The fourth-order valence-electron chi connectivity index (χ4n) is 2.38. The average Bonchev–Trinajstić information content (AvgIpc) is 3.16. The molecule has 0 spiro atoms. The van der Waals surface area contributed by atoms with Gasteiger partial charge in [-0.15, -0.1) is 0 Å². The van der Waals surface area contributed by atoms with Crippen molar-refractivity contribution in [1.82, 2.24) is 0 Å². The Morgan fingerprint density at radius 2 is 1.53 bits per heavy atom. The molecule has 0 N–H and O–H groups in total. The van der Waals surface area contributed by atoms with Gasteiger partial charge >= 0.3 is 11.9 Å². The van der Waals surface area contributed by atoms with Gasteiger partial charge in [-0.1, -0.05) is 45.1 Å². The molecule has 0 aliphatic heterocycles. The van der Waals surface area contributed by atoms with E-state index in [1.54, 1.807) is 6.08 Å². The first kappa shape index (κ1) is 15.7. The molecule has 1 aliphatic rings. The van der Waals surface area contributed by atoms with E-state index in [0.29, 0.717) is 0 Å². The monoisotopic (exact) mass is 268 g/mol. The van der Waals surface area contributed by atoms with E-state index in [-0.39, 0.29) is 0 Å². The van der Waals surface area contributed by atoms with E-state index >= 15 is 0 Å². The van der Waals surface area contributed by atoms with Crippen molar-refractivity contribution in [3.8, 4) is 0 Å². The van der Waals surface area contributed by atoms with Gasteiger partial charge in [0.2, 0.25) is 5.41 Å². The van der Waals surface area contributed by atoms with E-state index in [0.717, 1.165) is 24.8 Å². The first-order chi connectivity index (χ1) is 9.13. The van der Waals surface area contributed by atoms with Crippen molar-refractivity contribution in [3.63, 3.8) is 0 Å². The Bertz CT molecular complexity index is 341. The smallest absolute Gasteiger partial charge is 0.331 e. The molecule has 0 aromatic carbocycles. The van der Waals surface area contributed by atoms with Gasteiger partial charge in [-0.05, 0) is 18.4 Å². The van der Waals surface area contributed by atoms with Crippen molar-refractivity contribution in [2.45, 2.75) is 51.9 Å². The molecular formula is C15H24O4. The average molecular weight is 268 g/mol. The highest BCUT2D eigenvalue weighted by Crippen LogP contribution is 2.49. The number of methoxy groups -OCH3 is 2. The lowest BCUT2D eigenvalue weighted by molar-refractivity contribution is -0.159. The Kier molecular flexibility index (Phi) is 6.06. The van der Waals surface area contributed by atoms with Gasteiger partial charge in [-0.3, -0.25) is 9.59 Å². The van der Waals surface area contributed by atoms with Crippen LogP contribution in [0.4, 0.5) is 0 Å². The van der Waals surface area contributed by atoms with Crippen LogP contribution in [0.5, 0.6) is 0 Å². The summed E-state index contributed by atoms with van der Waals surface area (Å²) in [6, 6.07) is 0. The molecule has 1 rings (SSSR count). The lowest BCUT2D eigenvalue weighted by Crippen LogP contribution is -2.31. The fraction of sp³-hybridized carbons (Fsp3) is 0.733. The first-order valence-corrected chi connectivity index (χ1v) is 7.02. The van der Waals surface area contributed by atoms with E-state index in [9.17, 15) is 9.59 Å². The summed E-state index contributed by atoms with van der Waals surface area (Å²) in [7, 11) is 2.59. The zero-order valence-electron chi connectivity index (χ0n) is 12.2. The summed E-state index contributed by atoms with van der Waals surface area (Å²) in [5, 5.41) is 0. The molecule has 0 fully saturated rings. The number of rotatable bonds is 9. The fourth-order valence-corrected chi connectivity index (χ4v) is 2.38. The number of esters is 2. The SMILES string of the molecule is CCCCCCCCC1=CC1(C(=O)OC)C(=O)OC. The summed E-state index contributed by atoms with van der Waals surface area (Å²) in [5.74, 6) is -1.05. The van der Waals surface area contributed by atoms with E-state index in [1.165, 1.54) is 39.9 Å². The summed E-state index contributed by atoms with van der Waals surface area (Å²) in [6.45, 7) is 2.19. The second kappa shape index (κ2) is 7.31. The van der Waals surface area contributed by atoms with Crippen LogP contribution in [0.1, 0.15) is 51.9 Å². The van der Waals surface area contributed by atoms with Crippen molar-refractivity contribution in [3.05, 3.63) is 11.6 Å². The minimum absolute atomic E-state index is 0.527. The molecule has 4 nitrogen and oxygen atoms in total. The molecular weight excluding hydrogens is 244 g/mol. The second-order valence-corrected chi connectivity index (χ2v) is 4.98. The highest BCUT2D eigenvalue weighted by molar-refractivity contribution is 6.10. The molecule has 4 heteroatoms. The summed E-state index contributed by atoms with van der Waals surface area (Å²) < 4.78 is 9.40. The third-order valence-electron chi connectivity index (χ3n) is 3.63. The molecule has 0 amide bonds. The molecule has 0 atom stereocenters. The third-order valence-corrected chi connectivity index (χ3v) is 3.63. The third kappa shape index (κ3) is 3.58. The Morgan fingerprint density at radius 1 is 1.00 bits per heavy atom. The Labute approximate surface area is 115 Å². The van der Waals surface area contributed by atoms with Crippen LogP contribution < -0.4 is 0 Å². The van der Waals surface area contributed by atoms with Crippen molar-refractivity contribution in [1.29, 1.82) is 0 Å². The highest BCUT2D eigenvalue weighted by Gasteiger charge is 2.59. The van der Waals surface area contributed by atoms with Crippen LogP contribution in [0.2, 0.25) is 0 Å². The van der Waals surface area contributed by atoms with Gasteiger partial charge in [0.1, 0.15) is 0 Å². The Hall–Kier alpha value is -1.32. The van der Waals surface area contributed by atoms with Gasteiger partial charge in [0, 0.05) is 0 Å². The summed E-state index contributed by atoms with van der Waals surface area (Å²) in [5.41, 5.74) is -0.353. The molecule has 0 radical (unpaired) electrons. The van der Waals surface area contributed by atoms with Crippen LogP contribution in [0.3, 0.4) is 0 Å². The Balaban J connectivity index is 2.34. The maximum atomic E-state index is 11.7. The van der Waals surface area contributed by atoms with Gasteiger partial charge in [-0.2, -0.15) is 0 Å². The second-order valence-electron chi connectivity index (χ2n) is 4.98. The summed E-state index contributed by atoms with van der Waals surface area (Å²) in [4.78, 5) is 23.4. The van der Waals surface area contributed by atoms with Crippen molar-refractivity contribution >= 4 is 11.9 Å². The van der Waals surface area contributed by atoms with E-state index in [4.69, 9.17) is 9.47 Å². The quantitative estimate of drug-likeness (QED) is 0.279. The number of hydrogen-bond donors (Lipinski definition) is 0. The van der Waals surface area contributed by atoms with Gasteiger partial charge in [0.25, 0.3) is 0 Å². The van der Waals surface area contributed by atoms with E-state index in [2.05, 4.69) is 6.92 Å². The van der Waals surface area contributed by atoms with Crippen LogP contribution in [-0.4, -0.2) is 26.2 Å². The predicted octanol–water partition coefficient (Wildman–Crippen LogP) is 3.01. The van der Waals surface area contributed by atoms with Crippen LogP contribution in [0.25, 0.3) is 0 Å². The van der Waals surface area contributed by atoms with Gasteiger partial charge < -0.3 is 9.47 Å². The van der Waals surface area contributed by atoms with E-state index in [1.807, 2.05) is 0 Å². The molecule has 0 bridgehead atoms. The zero-order valence-corrected chi connectivity index (χ0v) is 12.2. The standard InChI is InChI=1S/C15H24O4/c1-4-5-6-7-8-9-10-12-11-15(12,13(16)18-2)14(17)19-3/h11H,4-10H2,1-3H3. The number of carbonyl (C=O) groups is 2. The van der Waals surface area contributed by atoms with Crippen molar-refractivity contribution in [2.75, 3.05) is 14.2 Å². The summed E-state index contributed by atoms with van der Waals surface area (Å²) in [6.07, 6.45) is 9.57. The van der Waals surface area contributed by atoms with Crippen LogP contribution in [0, 0.1) is 5.41 Å². The van der Waals surface area contributed by atoms with Crippen molar-refractivity contribution in [2.24, 2.45) is 5.41 Å². The lowest BCUT2D eigenvalue weighted by Gasteiger charge is -2.13. The molecule has 0 saturated heterocycles. The highest BCUT2D eigenvalue weighted by atomic mass is 16.5. The van der Waals surface area contributed by atoms with Crippen LogP contribution >= 0.6 is 0 Å². The molecule has 0 heterocycles. The van der Waals surface area contributed by atoms with Crippen molar-refractivity contribution < 1.29 is 19.1 Å².